The van der Waals surface area contributed by atoms with E-state index < -0.39 is 0 Å². The molecule has 2 heterocycles. The van der Waals surface area contributed by atoms with E-state index in [9.17, 15) is 0 Å². The first-order chi connectivity index (χ1) is 9.50. The fourth-order valence-corrected chi connectivity index (χ4v) is 2.59. The van der Waals surface area contributed by atoms with Gasteiger partial charge in [-0.15, -0.1) is 5.10 Å². The van der Waals surface area contributed by atoms with Crippen LogP contribution < -0.4 is 10.6 Å². The number of likely N-dealkylation sites (tertiary alicyclic amines) is 1. The molecule has 0 radical (unpaired) electrons. The minimum Gasteiger partial charge on any atom is -0.384 e. The number of rotatable bonds is 5. The number of hydrogen-bond donors (Lipinski definition) is 2. The van der Waals surface area contributed by atoms with Gasteiger partial charge in [0.05, 0.1) is 11.3 Å². The second kappa shape index (κ2) is 6.17. The van der Waals surface area contributed by atoms with Crippen LogP contribution in [0.1, 0.15) is 29.7 Å². The summed E-state index contributed by atoms with van der Waals surface area (Å²) < 4.78 is 0. The maximum Gasteiger partial charge on any atom is 0.162 e. The van der Waals surface area contributed by atoms with Gasteiger partial charge >= 0.3 is 0 Å². The Bertz CT molecular complexity index is 493. The molecule has 3 N–H and O–H groups in total. The monoisotopic (exact) mass is 276 g/mol. The molecule has 1 aromatic heterocycles. The van der Waals surface area contributed by atoms with Crippen molar-refractivity contribution >= 4 is 11.7 Å². The van der Waals surface area contributed by atoms with Gasteiger partial charge in [0.1, 0.15) is 5.84 Å². The molecule has 6 heteroatoms. The van der Waals surface area contributed by atoms with E-state index in [0.717, 1.165) is 24.3 Å². The van der Waals surface area contributed by atoms with Crippen LogP contribution in [0, 0.1) is 19.3 Å². The zero-order valence-electron chi connectivity index (χ0n) is 12.6. The van der Waals surface area contributed by atoms with Crippen LogP contribution in [-0.4, -0.2) is 54.2 Å². The van der Waals surface area contributed by atoms with Gasteiger partial charge in [-0.2, -0.15) is 5.10 Å². The molecule has 0 bridgehead atoms. The van der Waals surface area contributed by atoms with Crippen LogP contribution in [0.5, 0.6) is 0 Å². The highest BCUT2D eigenvalue weighted by Crippen LogP contribution is 2.20. The summed E-state index contributed by atoms with van der Waals surface area (Å²) >= 11 is 0. The van der Waals surface area contributed by atoms with E-state index in [4.69, 9.17) is 11.1 Å². The van der Waals surface area contributed by atoms with Crippen molar-refractivity contribution in [2.75, 3.05) is 38.1 Å². The Morgan fingerprint density at radius 2 is 1.95 bits per heavy atom. The molecule has 6 nitrogen and oxygen atoms in total. The lowest BCUT2D eigenvalue weighted by molar-refractivity contribution is 0.346. The molecule has 0 atom stereocenters. The van der Waals surface area contributed by atoms with Gasteiger partial charge < -0.3 is 15.5 Å². The van der Waals surface area contributed by atoms with Crippen LogP contribution in [0.2, 0.25) is 0 Å². The van der Waals surface area contributed by atoms with E-state index in [2.05, 4.69) is 20.0 Å². The topological polar surface area (TPSA) is 82.1 Å². The zero-order valence-corrected chi connectivity index (χ0v) is 12.6. The third kappa shape index (κ3) is 3.07. The largest absolute Gasteiger partial charge is 0.384 e. The summed E-state index contributed by atoms with van der Waals surface area (Å²) in [4.78, 5) is 4.51. The normalized spacial score (nSPS) is 15.6. The Hall–Kier alpha value is -1.69. The van der Waals surface area contributed by atoms with Gasteiger partial charge in [0.15, 0.2) is 5.82 Å². The lowest BCUT2D eigenvalue weighted by Gasteiger charge is -2.24. The lowest BCUT2D eigenvalue weighted by Crippen LogP contribution is -2.33. The van der Waals surface area contributed by atoms with Crippen molar-refractivity contribution in [1.82, 2.24) is 15.1 Å². The molecule has 0 aromatic carbocycles. The number of likely N-dealkylation sites (N-methyl/N-ethyl adjacent to an activating group) is 1. The third-order valence-electron chi connectivity index (χ3n) is 4.02. The van der Waals surface area contributed by atoms with Crippen LogP contribution in [0.4, 0.5) is 5.82 Å². The van der Waals surface area contributed by atoms with Crippen LogP contribution in [0.15, 0.2) is 0 Å². The SMILES string of the molecule is Cc1nnc(N(C)CCN2CCCC2)c(C(=N)N)c1C. The molecule has 110 valence electrons. The number of nitrogens with two attached hydrogens (primary N) is 1. The van der Waals surface area contributed by atoms with E-state index in [-0.39, 0.29) is 5.84 Å². The number of hydrogen-bond acceptors (Lipinski definition) is 5. The molecule has 1 saturated heterocycles. The Morgan fingerprint density at radius 1 is 1.30 bits per heavy atom. The Kier molecular flexibility index (Phi) is 4.54. The summed E-state index contributed by atoms with van der Waals surface area (Å²) in [7, 11) is 1.99. The zero-order chi connectivity index (χ0) is 14.7. The summed E-state index contributed by atoms with van der Waals surface area (Å²) in [5.41, 5.74) is 8.19. The Balaban J connectivity index is 2.14. The van der Waals surface area contributed by atoms with Crippen LogP contribution in [0.3, 0.4) is 0 Å². The number of aryl methyl sites for hydroxylation is 1. The first-order valence-corrected chi connectivity index (χ1v) is 7.12. The van der Waals surface area contributed by atoms with Crippen molar-refractivity contribution in [2.45, 2.75) is 26.7 Å². The smallest absolute Gasteiger partial charge is 0.162 e. The molecule has 1 aliphatic heterocycles. The molecular formula is C14H24N6. The number of nitrogen functional groups attached to an aromatic ring is 1. The number of anilines is 1. The van der Waals surface area contributed by atoms with E-state index in [0.29, 0.717) is 11.4 Å². The summed E-state index contributed by atoms with van der Waals surface area (Å²) in [6, 6.07) is 0. The van der Waals surface area contributed by atoms with Gasteiger partial charge in [-0.3, -0.25) is 5.41 Å². The highest BCUT2D eigenvalue weighted by Gasteiger charge is 2.18. The molecule has 0 unspecified atom stereocenters. The predicted octanol–water partition coefficient (Wildman–Crippen LogP) is 0.910. The molecule has 1 aromatic rings. The average Bonchev–Trinajstić information content (AvgIpc) is 2.91. The maximum absolute atomic E-state index is 7.78. The average molecular weight is 276 g/mol. The molecule has 2 rings (SSSR count). The van der Waals surface area contributed by atoms with Crippen molar-refractivity contribution < 1.29 is 0 Å². The maximum atomic E-state index is 7.78. The molecule has 0 aliphatic carbocycles. The van der Waals surface area contributed by atoms with Gasteiger partial charge in [0, 0.05) is 20.1 Å². The van der Waals surface area contributed by atoms with Gasteiger partial charge in [0.25, 0.3) is 0 Å². The van der Waals surface area contributed by atoms with Crippen molar-refractivity contribution in [1.29, 1.82) is 5.41 Å². The minimum absolute atomic E-state index is 0.0588. The minimum atomic E-state index is 0.0588. The Morgan fingerprint density at radius 3 is 2.55 bits per heavy atom. The van der Waals surface area contributed by atoms with Crippen LogP contribution in [-0.2, 0) is 0 Å². The molecule has 1 fully saturated rings. The fraction of sp³-hybridized carbons (Fsp3) is 0.643. The number of amidine groups is 1. The first-order valence-electron chi connectivity index (χ1n) is 7.12. The quantitative estimate of drug-likeness (QED) is 0.617. The van der Waals surface area contributed by atoms with E-state index >= 15 is 0 Å². The summed E-state index contributed by atoms with van der Waals surface area (Å²) in [6.45, 7) is 8.10. The number of nitrogens with zero attached hydrogens (tertiary/aromatic N) is 4. The molecule has 0 saturated carbocycles. The number of aromatic nitrogens is 2. The third-order valence-corrected chi connectivity index (χ3v) is 4.02. The van der Waals surface area contributed by atoms with Gasteiger partial charge in [-0.05, 0) is 45.3 Å². The van der Waals surface area contributed by atoms with Gasteiger partial charge in [0.2, 0.25) is 0 Å². The number of nitrogens with one attached hydrogen (secondary N) is 1. The first kappa shape index (κ1) is 14.7. The van der Waals surface area contributed by atoms with Gasteiger partial charge in [-0.25, -0.2) is 0 Å². The fourth-order valence-electron chi connectivity index (χ4n) is 2.59. The summed E-state index contributed by atoms with van der Waals surface area (Å²) in [6.07, 6.45) is 2.59. The van der Waals surface area contributed by atoms with Crippen LogP contribution >= 0.6 is 0 Å². The molecular weight excluding hydrogens is 252 g/mol. The summed E-state index contributed by atoms with van der Waals surface area (Å²) in [5, 5.41) is 16.2. The second-order valence-electron chi connectivity index (χ2n) is 5.49. The van der Waals surface area contributed by atoms with Crippen molar-refractivity contribution in [3.63, 3.8) is 0 Å². The molecule has 20 heavy (non-hydrogen) atoms. The molecule has 0 amide bonds. The van der Waals surface area contributed by atoms with Crippen LogP contribution in [0.25, 0.3) is 0 Å². The predicted molar refractivity (Wildman–Crippen MR) is 81.5 cm³/mol. The van der Waals surface area contributed by atoms with Crippen molar-refractivity contribution in [2.24, 2.45) is 5.73 Å². The highest BCUT2D eigenvalue weighted by molar-refractivity contribution is 6.01. The summed E-state index contributed by atoms with van der Waals surface area (Å²) in [5.74, 6) is 0.767. The Labute approximate surface area is 120 Å². The van der Waals surface area contributed by atoms with Crippen molar-refractivity contribution in [3.8, 4) is 0 Å². The van der Waals surface area contributed by atoms with E-state index in [1.54, 1.807) is 0 Å². The molecule has 1 aliphatic rings. The standard InChI is InChI=1S/C14H24N6/c1-10-11(2)17-18-14(12(10)13(15)16)19(3)8-9-20-6-4-5-7-20/h4-9H2,1-3H3,(H3,15,16). The molecule has 0 spiro atoms. The van der Waals surface area contributed by atoms with E-state index in [1.165, 1.54) is 25.9 Å². The lowest BCUT2D eigenvalue weighted by atomic mass is 10.1. The van der Waals surface area contributed by atoms with Crippen molar-refractivity contribution in [3.05, 3.63) is 16.8 Å². The highest BCUT2D eigenvalue weighted by atomic mass is 15.3. The van der Waals surface area contributed by atoms with E-state index in [1.807, 2.05) is 20.9 Å². The second-order valence-corrected chi connectivity index (χ2v) is 5.49. The van der Waals surface area contributed by atoms with Gasteiger partial charge in [-0.1, -0.05) is 0 Å².